The minimum absolute atomic E-state index is 0.0479. The number of aryl methyl sites for hydroxylation is 1. The molecule has 0 bridgehead atoms. The third-order valence-electron chi connectivity index (χ3n) is 5.49. The number of benzene rings is 3. The topological polar surface area (TPSA) is 156 Å². The number of sulfone groups is 1. The lowest BCUT2D eigenvalue weighted by Crippen LogP contribution is -2.39. The lowest BCUT2D eigenvalue weighted by Gasteiger charge is -2.21. The zero-order valence-electron chi connectivity index (χ0n) is 20.0. The normalized spacial score (nSPS) is 12.1. The lowest BCUT2D eigenvalue weighted by molar-refractivity contribution is -0.116. The van der Waals surface area contributed by atoms with Crippen molar-refractivity contribution in [1.29, 1.82) is 0 Å². The van der Waals surface area contributed by atoms with Crippen LogP contribution in [0.3, 0.4) is 0 Å². The number of primary amides is 1. The first-order valence-electron chi connectivity index (χ1n) is 11.1. The predicted molar refractivity (Wildman–Crippen MR) is 137 cm³/mol. The summed E-state index contributed by atoms with van der Waals surface area (Å²) in [5.41, 5.74) is 6.80. The summed E-state index contributed by atoms with van der Waals surface area (Å²) in [7, 11) is -3.97. The van der Waals surface area contributed by atoms with Crippen LogP contribution in [0.2, 0.25) is 0 Å². The van der Waals surface area contributed by atoms with E-state index in [9.17, 15) is 27.9 Å². The maximum atomic E-state index is 13.2. The molecule has 36 heavy (non-hydrogen) atoms. The van der Waals surface area contributed by atoms with Crippen LogP contribution in [-0.2, 0) is 14.6 Å². The van der Waals surface area contributed by atoms with Gasteiger partial charge >= 0.3 is 0 Å². The van der Waals surface area contributed by atoms with Crippen molar-refractivity contribution in [2.45, 2.75) is 30.9 Å². The molecule has 9 nitrogen and oxygen atoms in total. The quantitative estimate of drug-likeness (QED) is 0.341. The van der Waals surface area contributed by atoms with Crippen molar-refractivity contribution in [1.82, 2.24) is 0 Å². The smallest absolute Gasteiger partial charge is 0.255 e. The van der Waals surface area contributed by atoms with Crippen LogP contribution in [0.25, 0.3) is 0 Å². The number of nitrogens with one attached hydrogen (secondary N) is 2. The molecule has 1 atom stereocenters. The maximum Gasteiger partial charge on any atom is 0.255 e. The number of rotatable bonds is 8. The van der Waals surface area contributed by atoms with Crippen LogP contribution in [0, 0.1) is 12.8 Å². The second-order valence-electron chi connectivity index (χ2n) is 8.64. The van der Waals surface area contributed by atoms with Gasteiger partial charge in [-0.05, 0) is 61.4 Å². The summed E-state index contributed by atoms with van der Waals surface area (Å²) in [6, 6.07) is 15.9. The molecule has 0 aliphatic carbocycles. The Balaban J connectivity index is 1.76. The number of amides is 3. The lowest BCUT2D eigenvalue weighted by atomic mass is 10.1. The molecule has 0 saturated heterocycles. The highest BCUT2D eigenvalue weighted by Gasteiger charge is 2.36. The van der Waals surface area contributed by atoms with Gasteiger partial charge in [-0.15, -0.1) is 0 Å². The van der Waals surface area contributed by atoms with Crippen molar-refractivity contribution in [2.24, 2.45) is 11.7 Å². The van der Waals surface area contributed by atoms with Gasteiger partial charge in [-0.3, -0.25) is 14.4 Å². The summed E-state index contributed by atoms with van der Waals surface area (Å²) in [5.74, 6) is -2.76. The van der Waals surface area contributed by atoms with Crippen LogP contribution < -0.4 is 16.4 Å². The number of carbonyl (C=O) groups excluding carboxylic acids is 3. The second-order valence-corrected chi connectivity index (χ2v) is 10.7. The number of anilines is 2. The molecule has 10 heteroatoms. The Morgan fingerprint density at radius 2 is 1.44 bits per heavy atom. The van der Waals surface area contributed by atoms with Gasteiger partial charge in [0.05, 0.1) is 10.6 Å². The number of hydrogen-bond donors (Lipinski definition) is 4. The number of carbonyl (C=O) groups is 3. The van der Waals surface area contributed by atoms with Crippen molar-refractivity contribution in [2.75, 3.05) is 10.6 Å². The molecule has 0 spiro atoms. The van der Waals surface area contributed by atoms with E-state index in [0.29, 0.717) is 0 Å². The third kappa shape index (κ3) is 5.89. The Kier molecular flexibility index (Phi) is 7.79. The molecule has 3 rings (SSSR count). The van der Waals surface area contributed by atoms with Crippen LogP contribution in [0.15, 0.2) is 71.6 Å². The van der Waals surface area contributed by atoms with Gasteiger partial charge < -0.3 is 21.5 Å². The van der Waals surface area contributed by atoms with Gasteiger partial charge in [-0.2, -0.15) is 0 Å². The molecule has 0 fully saturated rings. The summed E-state index contributed by atoms with van der Waals surface area (Å²) in [6.07, 6.45) is 0. The molecular formula is C26H27N3O6S. The third-order valence-corrected chi connectivity index (χ3v) is 7.85. The Morgan fingerprint density at radius 3 is 1.97 bits per heavy atom. The van der Waals surface area contributed by atoms with Crippen LogP contribution in [0.4, 0.5) is 11.4 Å². The molecule has 0 aliphatic rings. The first kappa shape index (κ1) is 26.4. The van der Waals surface area contributed by atoms with E-state index >= 15 is 0 Å². The number of nitrogens with two attached hydrogens (primary N) is 1. The van der Waals surface area contributed by atoms with E-state index in [1.54, 1.807) is 26.0 Å². The molecule has 5 N–H and O–H groups in total. The van der Waals surface area contributed by atoms with Crippen LogP contribution in [-0.4, -0.2) is 36.5 Å². The van der Waals surface area contributed by atoms with Gasteiger partial charge in [-0.25, -0.2) is 8.42 Å². The van der Waals surface area contributed by atoms with Crippen molar-refractivity contribution in [3.63, 3.8) is 0 Å². The van der Waals surface area contributed by atoms with E-state index in [0.717, 1.165) is 5.56 Å². The highest BCUT2D eigenvalue weighted by molar-refractivity contribution is 7.92. The van der Waals surface area contributed by atoms with Gasteiger partial charge in [0, 0.05) is 22.9 Å². The van der Waals surface area contributed by atoms with Crippen LogP contribution >= 0.6 is 0 Å². The molecule has 188 valence electrons. The molecule has 0 aliphatic heterocycles. The Morgan fingerprint density at radius 1 is 0.861 bits per heavy atom. The summed E-state index contributed by atoms with van der Waals surface area (Å²) in [5, 5.41) is 14.1. The molecule has 3 aromatic rings. The van der Waals surface area contributed by atoms with Crippen molar-refractivity contribution >= 4 is 38.9 Å². The summed E-state index contributed by atoms with van der Waals surface area (Å²) < 4.78 is 26.3. The van der Waals surface area contributed by atoms with E-state index in [4.69, 9.17) is 5.73 Å². The van der Waals surface area contributed by atoms with Gasteiger partial charge in [0.1, 0.15) is 11.0 Å². The monoisotopic (exact) mass is 509 g/mol. The molecular weight excluding hydrogens is 482 g/mol. The van der Waals surface area contributed by atoms with Gasteiger partial charge in [0.2, 0.25) is 11.8 Å². The van der Waals surface area contributed by atoms with Crippen LogP contribution in [0.1, 0.15) is 40.1 Å². The van der Waals surface area contributed by atoms with Crippen molar-refractivity contribution < 1.29 is 27.9 Å². The van der Waals surface area contributed by atoms with Gasteiger partial charge in [-0.1, -0.05) is 31.5 Å². The van der Waals surface area contributed by atoms with E-state index in [-0.39, 0.29) is 33.1 Å². The zero-order chi connectivity index (χ0) is 26.6. The maximum absolute atomic E-state index is 13.2. The highest BCUT2D eigenvalue weighted by atomic mass is 32.2. The fourth-order valence-electron chi connectivity index (χ4n) is 3.59. The Hall–Kier alpha value is -4.18. The molecule has 3 aromatic carbocycles. The van der Waals surface area contributed by atoms with Crippen molar-refractivity contribution in [3.05, 3.63) is 83.4 Å². The summed E-state index contributed by atoms with van der Waals surface area (Å²) in [4.78, 5) is 36.7. The van der Waals surface area contributed by atoms with Gasteiger partial charge in [0.25, 0.3) is 5.91 Å². The zero-order valence-corrected chi connectivity index (χ0v) is 20.8. The number of hydrogen-bond acceptors (Lipinski definition) is 6. The fourth-order valence-corrected chi connectivity index (χ4v) is 5.45. The highest BCUT2D eigenvalue weighted by Crippen LogP contribution is 2.29. The first-order chi connectivity index (χ1) is 16.9. The molecule has 1 unspecified atom stereocenters. The molecule has 0 aromatic heterocycles. The van der Waals surface area contributed by atoms with Gasteiger partial charge in [0.15, 0.2) is 9.84 Å². The van der Waals surface area contributed by atoms with E-state index < -0.39 is 38.7 Å². The van der Waals surface area contributed by atoms with E-state index in [2.05, 4.69) is 10.6 Å². The second kappa shape index (κ2) is 10.6. The largest absolute Gasteiger partial charge is 0.506 e. The Labute approximate surface area is 209 Å². The van der Waals surface area contributed by atoms with Crippen molar-refractivity contribution in [3.8, 4) is 5.75 Å². The van der Waals surface area contributed by atoms with Crippen LogP contribution in [0.5, 0.6) is 5.75 Å². The minimum Gasteiger partial charge on any atom is -0.506 e. The molecule has 0 radical (unpaired) electrons. The average Bonchev–Trinajstić information content (AvgIpc) is 2.80. The number of phenolic OH excluding ortho intramolecular Hbond substituents is 1. The summed E-state index contributed by atoms with van der Waals surface area (Å²) >= 11 is 0. The minimum atomic E-state index is -3.97. The molecule has 0 saturated carbocycles. The number of aromatic hydroxyl groups is 1. The standard InChI is InChI=1S/C26H27N3O6S/c1-15(2)23(36(34,35)20-11-4-16(3)5-12-20)26(33)28-19-10-13-21(22(30)14-19)29-25(32)18-8-6-17(7-9-18)24(27)31/h4-15,23,30H,1-3H3,(H2,27,31)(H,28,33)(H,29,32). The molecule has 0 heterocycles. The first-order valence-corrected chi connectivity index (χ1v) is 12.6. The molecule has 3 amide bonds. The van der Waals surface area contributed by atoms with E-state index in [1.807, 2.05) is 6.92 Å². The predicted octanol–water partition coefficient (Wildman–Crippen LogP) is 3.49. The van der Waals surface area contributed by atoms with E-state index in [1.165, 1.54) is 54.6 Å². The average molecular weight is 510 g/mol. The fraction of sp³-hybridized carbons (Fsp3) is 0.192. The summed E-state index contributed by atoms with van der Waals surface area (Å²) in [6.45, 7) is 5.12. The SMILES string of the molecule is Cc1ccc(S(=O)(=O)C(C(=O)Nc2ccc(NC(=O)c3ccc(C(N)=O)cc3)c(O)c2)C(C)C)cc1. The Bertz CT molecular complexity index is 1400. The number of phenols is 1.